The highest BCUT2D eigenvalue weighted by atomic mass is 32.2. The molecule has 3 amide bonds. The van der Waals surface area contributed by atoms with Crippen LogP contribution in [0.2, 0.25) is 0 Å². The van der Waals surface area contributed by atoms with E-state index in [1.54, 1.807) is 0 Å². The van der Waals surface area contributed by atoms with E-state index in [4.69, 9.17) is 10.8 Å². The molecule has 0 aliphatic heterocycles. The van der Waals surface area contributed by atoms with E-state index in [0.29, 0.717) is 18.9 Å². The lowest BCUT2D eigenvalue weighted by Crippen LogP contribution is -2.40. The molecule has 1 aliphatic rings. The molecule has 0 bridgehead atoms. The Morgan fingerprint density at radius 1 is 1.22 bits per heavy atom. The minimum absolute atomic E-state index is 0.0537. The molecule has 0 radical (unpaired) electrons. The summed E-state index contributed by atoms with van der Waals surface area (Å²) >= 11 is 1.34. The highest BCUT2D eigenvalue weighted by Gasteiger charge is 2.29. The van der Waals surface area contributed by atoms with Crippen LogP contribution in [0.25, 0.3) is 0 Å². The second-order valence-corrected chi connectivity index (χ2v) is 11.1. The molecule has 0 aromatic heterocycles. The van der Waals surface area contributed by atoms with Gasteiger partial charge >= 0.3 is 5.97 Å². The highest BCUT2D eigenvalue weighted by Crippen LogP contribution is 2.34. The largest absolute Gasteiger partial charge is 0.480 e. The number of amides is 3. The van der Waals surface area contributed by atoms with Crippen LogP contribution in [0.1, 0.15) is 65.7 Å². The van der Waals surface area contributed by atoms with Crippen molar-refractivity contribution in [1.29, 1.82) is 0 Å². The Labute approximate surface area is 194 Å². The summed E-state index contributed by atoms with van der Waals surface area (Å²) in [6, 6.07) is -0.907. The lowest BCUT2D eigenvalue weighted by molar-refractivity contribution is -0.148. The number of nitrogens with two attached hydrogens (primary N) is 1. The van der Waals surface area contributed by atoms with E-state index in [0.717, 1.165) is 32.0 Å². The molecular formula is C22H37N3O6S. The van der Waals surface area contributed by atoms with E-state index in [-0.39, 0.29) is 36.5 Å². The Kier molecular flexibility index (Phi) is 11.2. The highest BCUT2D eigenvalue weighted by molar-refractivity contribution is 8.01. The maximum absolute atomic E-state index is 12.3. The molecule has 32 heavy (non-hydrogen) atoms. The van der Waals surface area contributed by atoms with Gasteiger partial charge in [-0.2, -0.15) is 0 Å². The van der Waals surface area contributed by atoms with Gasteiger partial charge in [-0.05, 0) is 44.9 Å². The van der Waals surface area contributed by atoms with Gasteiger partial charge in [0.2, 0.25) is 17.7 Å². The number of carbonyl (C=O) groups is 5. The van der Waals surface area contributed by atoms with Crippen molar-refractivity contribution in [2.75, 3.05) is 13.6 Å². The quantitative estimate of drug-likeness (QED) is 0.345. The van der Waals surface area contributed by atoms with E-state index < -0.39 is 22.0 Å². The van der Waals surface area contributed by atoms with Gasteiger partial charge in [-0.15, -0.1) is 11.8 Å². The van der Waals surface area contributed by atoms with Crippen LogP contribution in [0.4, 0.5) is 0 Å². The average Bonchev–Trinajstić information content (AvgIpc) is 2.74. The molecule has 10 heteroatoms. The molecule has 2 atom stereocenters. The maximum Gasteiger partial charge on any atom is 0.326 e. The number of nitrogens with zero attached hydrogens (tertiary/aromatic N) is 1. The Balaban J connectivity index is 2.43. The van der Waals surface area contributed by atoms with E-state index in [1.165, 1.54) is 30.6 Å². The summed E-state index contributed by atoms with van der Waals surface area (Å²) in [5, 5.41) is 11.4. The van der Waals surface area contributed by atoms with E-state index in [1.807, 2.05) is 13.8 Å². The molecule has 0 spiro atoms. The summed E-state index contributed by atoms with van der Waals surface area (Å²) in [6.45, 7) is 5.77. The van der Waals surface area contributed by atoms with Gasteiger partial charge in [0.15, 0.2) is 0 Å². The number of nitrogens with one attached hydrogen (secondary N) is 1. The van der Waals surface area contributed by atoms with Crippen LogP contribution < -0.4 is 11.1 Å². The third-order valence-electron chi connectivity index (χ3n) is 6.12. The molecule has 1 rings (SSSR count). The summed E-state index contributed by atoms with van der Waals surface area (Å²) in [5.41, 5.74) is 5.34. The molecule has 1 aliphatic carbocycles. The first kappa shape index (κ1) is 27.9. The van der Waals surface area contributed by atoms with Crippen LogP contribution in [0.5, 0.6) is 0 Å². The van der Waals surface area contributed by atoms with Crippen molar-refractivity contribution in [1.82, 2.24) is 10.2 Å². The van der Waals surface area contributed by atoms with Gasteiger partial charge in [-0.25, -0.2) is 4.79 Å². The smallest absolute Gasteiger partial charge is 0.326 e. The maximum atomic E-state index is 12.3. The molecule has 0 saturated heterocycles. The molecule has 0 aromatic carbocycles. The van der Waals surface area contributed by atoms with Crippen LogP contribution in [-0.2, 0) is 24.0 Å². The fourth-order valence-electron chi connectivity index (χ4n) is 3.72. The zero-order valence-electron chi connectivity index (χ0n) is 19.5. The predicted molar refractivity (Wildman–Crippen MR) is 123 cm³/mol. The van der Waals surface area contributed by atoms with Crippen LogP contribution in [0.3, 0.4) is 0 Å². The van der Waals surface area contributed by atoms with Crippen molar-refractivity contribution < 1.29 is 29.1 Å². The molecular weight excluding hydrogens is 434 g/mol. The van der Waals surface area contributed by atoms with Crippen molar-refractivity contribution in [3.63, 3.8) is 0 Å². The van der Waals surface area contributed by atoms with E-state index >= 15 is 0 Å². The van der Waals surface area contributed by atoms with Crippen LogP contribution in [0.15, 0.2) is 0 Å². The molecule has 4 N–H and O–H groups in total. The molecule has 1 saturated carbocycles. The van der Waals surface area contributed by atoms with Gasteiger partial charge in [0.05, 0.1) is 5.25 Å². The van der Waals surface area contributed by atoms with Crippen molar-refractivity contribution in [2.45, 2.75) is 81.8 Å². The fraction of sp³-hybridized carbons (Fsp3) is 0.773. The first-order valence-electron chi connectivity index (χ1n) is 11.0. The van der Waals surface area contributed by atoms with Crippen molar-refractivity contribution >= 4 is 41.7 Å². The average molecular weight is 472 g/mol. The number of thioether (sulfide) groups is 1. The first-order valence-corrected chi connectivity index (χ1v) is 11.9. The van der Waals surface area contributed by atoms with Crippen molar-refractivity contribution in [2.24, 2.45) is 17.6 Å². The number of carboxylic acid groups (broad SMARTS) is 1. The van der Waals surface area contributed by atoms with Gasteiger partial charge < -0.3 is 25.9 Å². The topological polar surface area (TPSA) is 147 Å². The number of carbonyl (C=O) groups excluding carboxylic acids is 4. The van der Waals surface area contributed by atoms with Gasteiger partial charge in [0.1, 0.15) is 12.3 Å². The summed E-state index contributed by atoms with van der Waals surface area (Å²) in [7, 11) is 1.46. The summed E-state index contributed by atoms with van der Waals surface area (Å²) in [6.07, 6.45) is 4.59. The minimum atomic E-state index is -1.07. The number of primary amides is 1. The number of likely N-dealkylation sites (N-methyl/N-ethyl adjacent to an activating group) is 1. The van der Waals surface area contributed by atoms with Crippen molar-refractivity contribution in [3.05, 3.63) is 0 Å². The lowest BCUT2D eigenvalue weighted by atomic mass is 9.81. The SMILES string of the molecule is C[C@@H](C(=O)O)N(C)C(=O)CCC(C)(C)SC(C=O)CC(=O)NCC1CCC(C(N)=O)CC1. The summed E-state index contributed by atoms with van der Waals surface area (Å²) in [4.78, 5) is 59.6. The third-order valence-corrected chi connectivity index (χ3v) is 7.54. The number of hydrogen-bond donors (Lipinski definition) is 3. The third kappa shape index (κ3) is 9.58. The molecule has 0 heterocycles. The Morgan fingerprint density at radius 2 is 1.81 bits per heavy atom. The van der Waals surface area contributed by atoms with Gasteiger partial charge in [0.25, 0.3) is 0 Å². The Hall–Kier alpha value is -2.10. The van der Waals surface area contributed by atoms with Crippen molar-refractivity contribution in [3.8, 4) is 0 Å². The van der Waals surface area contributed by atoms with Crippen LogP contribution in [0, 0.1) is 11.8 Å². The van der Waals surface area contributed by atoms with E-state index in [9.17, 15) is 24.0 Å². The fourth-order valence-corrected chi connectivity index (χ4v) is 5.05. The molecule has 1 unspecified atom stereocenters. The second kappa shape index (κ2) is 12.8. The first-order chi connectivity index (χ1) is 14.9. The minimum Gasteiger partial charge on any atom is -0.480 e. The van der Waals surface area contributed by atoms with Gasteiger partial charge in [0, 0.05) is 37.1 Å². The molecule has 0 aromatic rings. The standard InChI is InChI=1S/C22H37N3O6S/c1-14(21(30)31)25(4)19(28)9-10-22(2,3)32-17(13-26)11-18(27)24-12-15-5-7-16(8-6-15)20(23)29/h13-17H,5-12H2,1-4H3,(H2,23,29)(H,24,27)(H,30,31)/t14-,15?,16?,17?/m0/s1. The van der Waals surface area contributed by atoms with Crippen LogP contribution >= 0.6 is 11.8 Å². The molecule has 1 fully saturated rings. The number of carboxylic acids is 1. The zero-order valence-corrected chi connectivity index (χ0v) is 20.3. The van der Waals surface area contributed by atoms with Crippen LogP contribution in [-0.4, -0.2) is 69.6 Å². The monoisotopic (exact) mass is 471 g/mol. The number of aldehydes is 1. The number of aliphatic carboxylic acids is 1. The Bertz CT molecular complexity index is 691. The summed E-state index contributed by atoms with van der Waals surface area (Å²) < 4.78 is -0.442. The Morgan fingerprint density at radius 3 is 2.31 bits per heavy atom. The summed E-state index contributed by atoms with van der Waals surface area (Å²) in [5.74, 6) is -1.56. The van der Waals surface area contributed by atoms with E-state index in [2.05, 4.69) is 5.32 Å². The molecule has 9 nitrogen and oxygen atoms in total. The lowest BCUT2D eigenvalue weighted by Gasteiger charge is -2.29. The van der Waals surface area contributed by atoms with Gasteiger partial charge in [-0.1, -0.05) is 13.8 Å². The normalized spacial score (nSPS) is 20.6. The van der Waals surface area contributed by atoms with Gasteiger partial charge in [-0.3, -0.25) is 14.4 Å². The predicted octanol–water partition coefficient (Wildman–Crippen LogP) is 1.58. The number of hydrogen-bond acceptors (Lipinski definition) is 6. The zero-order chi connectivity index (χ0) is 24.5. The second-order valence-electron chi connectivity index (χ2n) is 9.20. The molecule has 182 valence electrons. The number of rotatable bonds is 13.